The Morgan fingerprint density at radius 3 is 2.68 bits per heavy atom. The van der Waals surface area contributed by atoms with Crippen LogP contribution in [0.1, 0.15) is 13.3 Å². The van der Waals surface area contributed by atoms with Gasteiger partial charge in [0.05, 0.1) is 11.5 Å². The molecule has 120 valence electrons. The standard InChI is InChI=1S/C14H18N2O5S/c1-10(17)21-13-5-3-4-11(8-13)15-14(18)16(2)12-6-7-22(19,20)9-12/h3-5,8,12H,6-7,9H2,1-2H3,(H,15,18). The van der Waals surface area contributed by atoms with E-state index in [9.17, 15) is 18.0 Å². The number of hydrogen-bond acceptors (Lipinski definition) is 5. The van der Waals surface area contributed by atoms with Gasteiger partial charge in [-0.25, -0.2) is 13.2 Å². The molecule has 8 heteroatoms. The number of carbonyl (C=O) groups is 2. The van der Waals surface area contributed by atoms with Crippen molar-refractivity contribution in [2.45, 2.75) is 19.4 Å². The SMILES string of the molecule is CC(=O)Oc1cccc(NC(=O)N(C)C2CCS(=O)(=O)C2)c1. The number of rotatable bonds is 3. The summed E-state index contributed by atoms with van der Waals surface area (Å²) >= 11 is 0. The smallest absolute Gasteiger partial charge is 0.321 e. The highest BCUT2D eigenvalue weighted by atomic mass is 32.2. The molecular weight excluding hydrogens is 308 g/mol. The predicted octanol–water partition coefficient (Wildman–Crippen LogP) is 1.26. The third kappa shape index (κ3) is 4.20. The maximum atomic E-state index is 12.2. The van der Waals surface area contributed by atoms with E-state index < -0.39 is 21.8 Å². The molecule has 2 rings (SSSR count). The summed E-state index contributed by atoms with van der Waals surface area (Å²) in [7, 11) is -1.48. The topological polar surface area (TPSA) is 92.8 Å². The minimum absolute atomic E-state index is 0.00952. The number of sulfone groups is 1. The van der Waals surface area contributed by atoms with Gasteiger partial charge in [0, 0.05) is 31.8 Å². The molecule has 1 aliphatic heterocycles. The first-order chi connectivity index (χ1) is 10.3. The summed E-state index contributed by atoms with van der Waals surface area (Å²) in [6.45, 7) is 1.29. The maximum Gasteiger partial charge on any atom is 0.321 e. The zero-order chi connectivity index (χ0) is 16.3. The Morgan fingerprint density at radius 1 is 1.36 bits per heavy atom. The van der Waals surface area contributed by atoms with E-state index in [2.05, 4.69) is 5.32 Å². The van der Waals surface area contributed by atoms with Crippen LogP contribution < -0.4 is 10.1 Å². The van der Waals surface area contributed by atoms with Crippen molar-refractivity contribution in [3.63, 3.8) is 0 Å². The van der Waals surface area contributed by atoms with Crippen LogP contribution in [0.25, 0.3) is 0 Å². The number of nitrogens with zero attached hydrogens (tertiary/aromatic N) is 1. The highest BCUT2D eigenvalue weighted by Crippen LogP contribution is 2.20. The molecule has 1 aromatic rings. The monoisotopic (exact) mass is 326 g/mol. The first kappa shape index (κ1) is 16.3. The quantitative estimate of drug-likeness (QED) is 0.667. The second-order valence-electron chi connectivity index (χ2n) is 5.22. The van der Waals surface area contributed by atoms with Crippen molar-refractivity contribution < 1.29 is 22.7 Å². The average molecular weight is 326 g/mol. The lowest BCUT2D eigenvalue weighted by Crippen LogP contribution is -2.40. The second-order valence-corrected chi connectivity index (χ2v) is 7.45. The molecule has 0 saturated carbocycles. The molecule has 1 aliphatic rings. The predicted molar refractivity (Wildman–Crippen MR) is 81.6 cm³/mol. The third-order valence-electron chi connectivity index (χ3n) is 3.42. The van der Waals surface area contributed by atoms with Crippen LogP contribution in [0, 0.1) is 0 Å². The van der Waals surface area contributed by atoms with Gasteiger partial charge in [0.25, 0.3) is 0 Å². The zero-order valence-corrected chi connectivity index (χ0v) is 13.2. The summed E-state index contributed by atoms with van der Waals surface area (Å²) in [5.74, 6) is -0.0186. The van der Waals surface area contributed by atoms with E-state index in [1.54, 1.807) is 25.2 Å². The summed E-state index contributed by atoms with van der Waals surface area (Å²) in [5.41, 5.74) is 0.469. The van der Waals surface area contributed by atoms with E-state index in [4.69, 9.17) is 4.74 Å². The first-order valence-corrected chi connectivity index (χ1v) is 8.62. The molecule has 7 nitrogen and oxygen atoms in total. The van der Waals surface area contributed by atoms with Gasteiger partial charge in [-0.1, -0.05) is 6.07 Å². The number of benzene rings is 1. The summed E-state index contributed by atoms with van der Waals surface area (Å²) in [4.78, 5) is 24.5. The Kier molecular flexibility index (Phi) is 4.70. The fourth-order valence-corrected chi connectivity index (χ4v) is 4.04. The molecule has 0 aliphatic carbocycles. The van der Waals surface area contributed by atoms with E-state index in [1.165, 1.54) is 17.9 Å². The van der Waals surface area contributed by atoms with Gasteiger partial charge in [-0.05, 0) is 18.6 Å². The number of anilines is 1. The lowest BCUT2D eigenvalue weighted by atomic mass is 10.2. The van der Waals surface area contributed by atoms with Crippen molar-refractivity contribution in [2.24, 2.45) is 0 Å². The average Bonchev–Trinajstić information content (AvgIpc) is 2.77. The Bertz CT molecular complexity index is 686. The lowest BCUT2D eigenvalue weighted by Gasteiger charge is -2.23. The number of hydrogen-bond donors (Lipinski definition) is 1. The molecule has 1 unspecified atom stereocenters. The van der Waals surface area contributed by atoms with Gasteiger partial charge in [0.2, 0.25) is 0 Å². The van der Waals surface area contributed by atoms with Crippen LogP contribution in [0.5, 0.6) is 5.75 Å². The number of ether oxygens (including phenoxy) is 1. The molecule has 1 saturated heterocycles. The molecule has 22 heavy (non-hydrogen) atoms. The molecule has 1 N–H and O–H groups in total. The van der Waals surface area contributed by atoms with Crippen molar-refractivity contribution in [1.82, 2.24) is 4.90 Å². The molecular formula is C14H18N2O5S. The number of carbonyl (C=O) groups excluding carboxylic acids is 2. The second kappa shape index (κ2) is 6.35. The first-order valence-electron chi connectivity index (χ1n) is 6.79. The van der Waals surface area contributed by atoms with Crippen molar-refractivity contribution >= 4 is 27.5 Å². The summed E-state index contributed by atoms with van der Waals surface area (Å²) < 4.78 is 27.9. The van der Waals surface area contributed by atoms with Crippen molar-refractivity contribution in [3.05, 3.63) is 24.3 Å². The van der Waals surface area contributed by atoms with Crippen LogP contribution in [0.2, 0.25) is 0 Å². The highest BCUT2D eigenvalue weighted by Gasteiger charge is 2.32. The molecule has 0 aromatic heterocycles. The van der Waals surface area contributed by atoms with Crippen LogP contribution in [0.4, 0.5) is 10.5 Å². The Labute approximate surface area is 129 Å². The lowest BCUT2D eigenvalue weighted by molar-refractivity contribution is -0.131. The minimum Gasteiger partial charge on any atom is -0.427 e. The summed E-state index contributed by atoms with van der Waals surface area (Å²) in [6.07, 6.45) is 0.444. The van der Waals surface area contributed by atoms with Crippen LogP contribution in [0.15, 0.2) is 24.3 Å². The van der Waals surface area contributed by atoms with Crippen LogP contribution in [-0.4, -0.2) is 49.9 Å². The largest absolute Gasteiger partial charge is 0.427 e. The van der Waals surface area contributed by atoms with Crippen molar-refractivity contribution in [3.8, 4) is 5.75 Å². The van der Waals surface area contributed by atoms with E-state index in [-0.39, 0.29) is 17.5 Å². The van der Waals surface area contributed by atoms with Crippen LogP contribution >= 0.6 is 0 Å². The number of esters is 1. The molecule has 1 aromatic carbocycles. The fraction of sp³-hybridized carbons (Fsp3) is 0.429. The molecule has 1 atom stereocenters. The van der Waals surface area contributed by atoms with E-state index in [0.717, 1.165) is 0 Å². The van der Waals surface area contributed by atoms with E-state index in [1.807, 2.05) is 0 Å². The third-order valence-corrected chi connectivity index (χ3v) is 5.17. The van der Waals surface area contributed by atoms with Gasteiger partial charge in [-0.3, -0.25) is 4.79 Å². The molecule has 0 radical (unpaired) electrons. The normalized spacial score (nSPS) is 19.5. The maximum absolute atomic E-state index is 12.2. The van der Waals surface area contributed by atoms with Gasteiger partial charge in [0.1, 0.15) is 5.75 Å². The summed E-state index contributed by atoms with van der Waals surface area (Å²) in [6, 6.07) is 5.71. The highest BCUT2D eigenvalue weighted by molar-refractivity contribution is 7.91. The van der Waals surface area contributed by atoms with Gasteiger partial charge < -0.3 is 15.0 Å². The zero-order valence-electron chi connectivity index (χ0n) is 12.4. The van der Waals surface area contributed by atoms with E-state index >= 15 is 0 Å². The Hall–Kier alpha value is -2.09. The van der Waals surface area contributed by atoms with Crippen molar-refractivity contribution in [2.75, 3.05) is 23.9 Å². The van der Waals surface area contributed by atoms with Gasteiger partial charge >= 0.3 is 12.0 Å². The van der Waals surface area contributed by atoms with Crippen LogP contribution in [0.3, 0.4) is 0 Å². The molecule has 2 amide bonds. The van der Waals surface area contributed by atoms with Gasteiger partial charge in [0.15, 0.2) is 9.84 Å². The summed E-state index contributed by atoms with van der Waals surface area (Å²) in [5, 5.41) is 2.66. The number of amides is 2. The number of nitrogens with one attached hydrogen (secondary N) is 1. The Morgan fingerprint density at radius 2 is 2.09 bits per heavy atom. The van der Waals surface area contributed by atoms with Gasteiger partial charge in [-0.2, -0.15) is 0 Å². The number of urea groups is 1. The van der Waals surface area contributed by atoms with Crippen molar-refractivity contribution in [1.29, 1.82) is 0 Å². The van der Waals surface area contributed by atoms with Crippen LogP contribution in [-0.2, 0) is 14.6 Å². The fourth-order valence-electron chi connectivity index (χ4n) is 2.26. The molecule has 0 spiro atoms. The van der Waals surface area contributed by atoms with Gasteiger partial charge in [-0.15, -0.1) is 0 Å². The molecule has 1 heterocycles. The Balaban J connectivity index is 2.01. The minimum atomic E-state index is -3.05. The van der Waals surface area contributed by atoms with E-state index in [0.29, 0.717) is 17.9 Å². The molecule has 0 bridgehead atoms. The molecule has 1 fully saturated rings.